The van der Waals surface area contributed by atoms with Crippen molar-refractivity contribution in [3.8, 4) is 11.1 Å². The monoisotopic (exact) mass is 431 g/mol. The Balaban J connectivity index is 1.35. The number of hydrogen-bond acceptors (Lipinski definition) is 4. The molecule has 1 atom stereocenters. The van der Waals surface area contributed by atoms with E-state index >= 15 is 0 Å². The number of fused-ring (bicyclic) bond motifs is 3. The Hall–Kier alpha value is -3.61. The highest BCUT2D eigenvalue weighted by atomic mass is 16.5. The van der Waals surface area contributed by atoms with Crippen LogP contribution in [-0.2, 0) is 16.1 Å². The molecule has 3 aromatic rings. The summed E-state index contributed by atoms with van der Waals surface area (Å²) in [6.45, 7) is 2.07. The summed E-state index contributed by atoms with van der Waals surface area (Å²) >= 11 is 0. The van der Waals surface area contributed by atoms with E-state index in [4.69, 9.17) is 4.74 Å². The average molecular weight is 431 g/mol. The molecule has 7 heteroatoms. The van der Waals surface area contributed by atoms with Crippen molar-refractivity contribution in [3.05, 3.63) is 77.9 Å². The molecular weight excluding hydrogens is 406 g/mol. The lowest BCUT2D eigenvalue weighted by atomic mass is 9.93. The van der Waals surface area contributed by atoms with Gasteiger partial charge >= 0.3 is 12.1 Å². The second-order valence-corrected chi connectivity index (χ2v) is 8.60. The van der Waals surface area contributed by atoms with Gasteiger partial charge < -0.3 is 19.7 Å². The molecule has 1 amide bonds. The van der Waals surface area contributed by atoms with Crippen molar-refractivity contribution < 1.29 is 19.4 Å². The Morgan fingerprint density at radius 3 is 2.28 bits per heavy atom. The molecule has 2 aliphatic carbocycles. The highest BCUT2D eigenvalue weighted by Crippen LogP contribution is 2.45. The summed E-state index contributed by atoms with van der Waals surface area (Å²) in [5, 5.41) is 12.8. The number of ether oxygens (including phenoxy) is 1. The molecule has 5 rings (SSSR count). The molecule has 1 unspecified atom stereocenters. The molecule has 0 radical (unpaired) electrons. The lowest BCUT2D eigenvalue weighted by molar-refractivity contribution is -0.146. The van der Waals surface area contributed by atoms with Gasteiger partial charge in [-0.25, -0.2) is 14.6 Å². The Bertz CT molecular complexity index is 1140. The van der Waals surface area contributed by atoms with Crippen molar-refractivity contribution in [1.29, 1.82) is 0 Å². The first kappa shape index (κ1) is 20.3. The van der Waals surface area contributed by atoms with E-state index in [0.717, 1.165) is 35.1 Å². The van der Waals surface area contributed by atoms with Gasteiger partial charge in [0.1, 0.15) is 12.4 Å². The van der Waals surface area contributed by atoms with Gasteiger partial charge in [0.25, 0.3) is 0 Å². The zero-order valence-electron chi connectivity index (χ0n) is 17.8. The van der Waals surface area contributed by atoms with E-state index in [1.165, 1.54) is 0 Å². The topological polar surface area (TPSA) is 93.5 Å². The lowest BCUT2D eigenvalue weighted by Crippen LogP contribution is -2.59. The van der Waals surface area contributed by atoms with Gasteiger partial charge in [-0.2, -0.15) is 0 Å². The predicted molar refractivity (Wildman–Crippen MR) is 118 cm³/mol. The van der Waals surface area contributed by atoms with Crippen LogP contribution in [0.2, 0.25) is 0 Å². The maximum Gasteiger partial charge on any atom is 0.408 e. The molecule has 1 saturated carbocycles. The number of carboxylic acid groups (broad SMARTS) is 1. The highest BCUT2D eigenvalue weighted by Gasteiger charge is 2.53. The first-order chi connectivity index (χ1) is 15.5. The van der Waals surface area contributed by atoms with Gasteiger partial charge in [-0.05, 0) is 47.9 Å². The van der Waals surface area contributed by atoms with Crippen LogP contribution in [-0.4, -0.2) is 38.9 Å². The van der Waals surface area contributed by atoms with Crippen molar-refractivity contribution in [2.75, 3.05) is 6.61 Å². The fraction of sp³-hybridized carbons (Fsp3) is 0.320. The molecule has 0 saturated heterocycles. The number of carbonyl (C=O) groups is 2. The zero-order chi connectivity index (χ0) is 22.3. The summed E-state index contributed by atoms with van der Waals surface area (Å²) in [6.07, 6.45) is 4.16. The Morgan fingerprint density at radius 2 is 1.75 bits per heavy atom. The number of carboxylic acids is 1. The van der Waals surface area contributed by atoms with E-state index < -0.39 is 17.6 Å². The minimum Gasteiger partial charge on any atom is -0.479 e. The molecule has 0 spiro atoms. The van der Waals surface area contributed by atoms with Crippen LogP contribution in [0.4, 0.5) is 4.79 Å². The van der Waals surface area contributed by atoms with Crippen LogP contribution in [0, 0.1) is 12.8 Å². The van der Waals surface area contributed by atoms with Gasteiger partial charge in [0.15, 0.2) is 5.54 Å². The quantitative estimate of drug-likeness (QED) is 0.591. The van der Waals surface area contributed by atoms with Crippen molar-refractivity contribution in [2.45, 2.75) is 37.8 Å². The second-order valence-electron chi connectivity index (χ2n) is 8.60. The molecule has 1 fully saturated rings. The molecule has 7 nitrogen and oxygen atoms in total. The van der Waals surface area contributed by atoms with E-state index in [-0.39, 0.29) is 25.0 Å². The molecule has 2 aromatic carbocycles. The fourth-order valence-corrected chi connectivity index (χ4v) is 4.80. The Labute approximate surface area is 186 Å². The smallest absolute Gasteiger partial charge is 0.408 e. The van der Waals surface area contributed by atoms with Gasteiger partial charge in [0.2, 0.25) is 0 Å². The van der Waals surface area contributed by atoms with Crippen LogP contribution in [0.15, 0.2) is 60.9 Å². The Morgan fingerprint density at radius 1 is 1.12 bits per heavy atom. The predicted octanol–water partition coefficient (Wildman–Crippen LogP) is 3.96. The van der Waals surface area contributed by atoms with E-state index in [1.807, 2.05) is 31.2 Å². The SMILES string of the molecule is Cc1nccn1CC(NC(=O)OCC1c2ccccc2-c2ccccc21)(C(=O)O)C1CC1. The van der Waals surface area contributed by atoms with E-state index in [9.17, 15) is 14.7 Å². The summed E-state index contributed by atoms with van der Waals surface area (Å²) in [5.74, 6) is -0.571. The number of benzene rings is 2. The largest absolute Gasteiger partial charge is 0.479 e. The van der Waals surface area contributed by atoms with Gasteiger partial charge in [-0.3, -0.25) is 0 Å². The van der Waals surface area contributed by atoms with Crippen LogP contribution < -0.4 is 5.32 Å². The highest BCUT2D eigenvalue weighted by molar-refractivity contribution is 5.85. The van der Waals surface area contributed by atoms with Crippen molar-refractivity contribution in [3.63, 3.8) is 0 Å². The first-order valence-electron chi connectivity index (χ1n) is 10.8. The number of alkyl carbamates (subject to hydrolysis) is 1. The van der Waals surface area contributed by atoms with Crippen LogP contribution in [0.5, 0.6) is 0 Å². The number of nitrogens with zero attached hydrogens (tertiary/aromatic N) is 2. The first-order valence-corrected chi connectivity index (χ1v) is 10.8. The summed E-state index contributed by atoms with van der Waals surface area (Å²) in [7, 11) is 0. The average Bonchev–Trinajstić information content (AvgIpc) is 3.50. The standard InChI is InChI=1S/C25H25N3O4/c1-16-26-12-13-28(16)15-25(23(29)30,17-10-11-17)27-24(31)32-14-22-20-8-4-2-6-18(20)19-7-3-5-9-21(19)22/h2-9,12-13,17,22H,10-11,14-15H2,1H3,(H,27,31)(H,29,30). The zero-order valence-corrected chi connectivity index (χ0v) is 17.8. The minimum absolute atomic E-state index is 0.0794. The third-order valence-corrected chi connectivity index (χ3v) is 6.67. The van der Waals surface area contributed by atoms with Gasteiger partial charge in [0, 0.05) is 18.3 Å². The number of imidazole rings is 1. The van der Waals surface area contributed by atoms with Crippen LogP contribution in [0.1, 0.15) is 35.7 Å². The fourth-order valence-electron chi connectivity index (χ4n) is 4.80. The van der Waals surface area contributed by atoms with Crippen molar-refractivity contribution in [1.82, 2.24) is 14.9 Å². The van der Waals surface area contributed by atoms with Gasteiger partial charge in [-0.1, -0.05) is 48.5 Å². The number of carbonyl (C=O) groups excluding carboxylic acids is 1. The lowest BCUT2D eigenvalue weighted by Gasteiger charge is -2.31. The molecule has 1 heterocycles. The third kappa shape index (κ3) is 3.43. The number of nitrogens with one attached hydrogen (secondary N) is 1. The third-order valence-electron chi connectivity index (χ3n) is 6.67. The second kappa shape index (κ2) is 7.82. The number of amides is 1. The summed E-state index contributed by atoms with van der Waals surface area (Å²) < 4.78 is 7.39. The molecular formula is C25H25N3O4. The normalized spacial score (nSPS) is 16.7. The molecule has 32 heavy (non-hydrogen) atoms. The van der Waals surface area contributed by atoms with Crippen molar-refractivity contribution >= 4 is 12.1 Å². The van der Waals surface area contributed by atoms with Crippen LogP contribution >= 0.6 is 0 Å². The number of aryl methyl sites for hydroxylation is 1. The van der Waals surface area contributed by atoms with E-state index in [0.29, 0.717) is 5.82 Å². The number of rotatable bonds is 7. The van der Waals surface area contributed by atoms with Crippen molar-refractivity contribution in [2.24, 2.45) is 5.92 Å². The molecule has 0 aliphatic heterocycles. The van der Waals surface area contributed by atoms with E-state index in [1.54, 1.807) is 17.0 Å². The maximum atomic E-state index is 12.9. The summed E-state index contributed by atoms with van der Waals surface area (Å²) in [4.78, 5) is 29.4. The molecule has 2 N–H and O–H groups in total. The van der Waals surface area contributed by atoms with E-state index in [2.05, 4.69) is 34.6 Å². The summed E-state index contributed by atoms with van der Waals surface area (Å²) in [5.41, 5.74) is 3.09. The number of hydrogen-bond donors (Lipinski definition) is 2. The van der Waals surface area contributed by atoms with Crippen LogP contribution in [0.25, 0.3) is 11.1 Å². The van der Waals surface area contributed by atoms with Gasteiger partial charge in [-0.15, -0.1) is 0 Å². The van der Waals surface area contributed by atoms with Crippen LogP contribution in [0.3, 0.4) is 0 Å². The molecule has 1 aromatic heterocycles. The number of aromatic nitrogens is 2. The molecule has 164 valence electrons. The Kier molecular flexibility index (Phi) is 4.96. The minimum atomic E-state index is -1.42. The number of aliphatic carboxylic acids is 1. The molecule has 2 aliphatic rings. The van der Waals surface area contributed by atoms with Gasteiger partial charge in [0.05, 0.1) is 6.54 Å². The summed E-state index contributed by atoms with van der Waals surface area (Å²) in [6, 6.07) is 16.2. The molecule has 0 bridgehead atoms. The maximum absolute atomic E-state index is 12.9.